The smallest absolute Gasteiger partial charge is 0.0717 e. The SMILES string of the molecule is CC.CC(C)C(CBr)COCc1ccccc1. The van der Waals surface area contributed by atoms with E-state index in [4.69, 9.17) is 4.74 Å². The predicted molar refractivity (Wildman–Crippen MR) is 79.6 cm³/mol. The minimum absolute atomic E-state index is 0.605. The summed E-state index contributed by atoms with van der Waals surface area (Å²) in [6.07, 6.45) is 0. The van der Waals surface area contributed by atoms with Crippen LogP contribution >= 0.6 is 15.9 Å². The molecule has 1 rings (SSSR count). The summed E-state index contributed by atoms with van der Waals surface area (Å²) in [7, 11) is 0. The van der Waals surface area contributed by atoms with Crippen molar-refractivity contribution < 1.29 is 4.74 Å². The molecule has 0 heterocycles. The quantitative estimate of drug-likeness (QED) is 0.679. The van der Waals surface area contributed by atoms with Gasteiger partial charge in [0.1, 0.15) is 0 Å². The Kier molecular flexibility index (Phi) is 10.6. The van der Waals surface area contributed by atoms with Crippen LogP contribution in [0.1, 0.15) is 33.3 Å². The van der Waals surface area contributed by atoms with Gasteiger partial charge in [-0.25, -0.2) is 0 Å². The normalized spacial score (nSPS) is 11.9. The van der Waals surface area contributed by atoms with E-state index >= 15 is 0 Å². The Hall–Kier alpha value is -0.340. The van der Waals surface area contributed by atoms with Crippen molar-refractivity contribution >= 4 is 15.9 Å². The first-order valence-corrected chi connectivity index (χ1v) is 7.53. The summed E-state index contributed by atoms with van der Waals surface area (Å²) in [4.78, 5) is 0. The summed E-state index contributed by atoms with van der Waals surface area (Å²) in [6, 6.07) is 10.3. The van der Waals surface area contributed by atoms with Crippen LogP contribution in [0.3, 0.4) is 0 Å². The maximum absolute atomic E-state index is 5.70. The molecule has 2 heteroatoms. The average Bonchev–Trinajstić information content (AvgIpc) is 2.38. The Bertz CT molecular complexity index is 259. The van der Waals surface area contributed by atoms with Crippen LogP contribution in [0.2, 0.25) is 0 Å². The van der Waals surface area contributed by atoms with Crippen LogP contribution in [0.5, 0.6) is 0 Å². The zero-order valence-electron chi connectivity index (χ0n) is 11.4. The molecule has 0 fully saturated rings. The number of hydrogen-bond acceptors (Lipinski definition) is 1. The number of halogens is 1. The first kappa shape index (κ1) is 16.7. The third kappa shape index (κ3) is 7.56. The van der Waals surface area contributed by atoms with Gasteiger partial charge >= 0.3 is 0 Å². The number of rotatable bonds is 6. The lowest BCUT2D eigenvalue weighted by Crippen LogP contribution is -2.17. The molecule has 1 aromatic carbocycles. The van der Waals surface area contributed by atoms with Crippen molar-refractivity contribution in [1.29, 1.82) is 0 Å². The summed E-state index contributed by atoms with van der Waals surface area (Å²) < 4.78 is 5.70. The van der Waals surface area contributed by atoms with Crippen LogP contribution in [-0.4, -0.2) is 11.9 Å². The number of alkyl halides is 1. The molecule has 0 aliphatic carbocycles. The van der Waals surface area contributed by atoms with Crippen LogP contribution in [0.15, 0.2) is 30.3 Å². The molecule has 17 heavy (non-hydrogen) atoms. The van der Waals surface area contributed by atoms with Gasteiger partial charge in [-0.2, -0.15) is 0 Å². The first-order chi connectivity index (χ1) is 8.24. The molecule has 0 radical (unpaired) electrons. The van der Waals surface area contributed by atoms with Gasteiger partial charge in [0, 0.05) is 5.33 Å². The standard InChI is InChI=1S/C13H19BrO.C2H6/c1-11(2)13(8-14)10-15-9-12-6-4-3-5-7-12;1-2/h3-7,11,13H,8-10H2,1-2H3;1-2H3. The molecule has 1 unspecified atom stereocenters. The Morgan fingerprint density at radius 3 is 2.18 bits per heavy atom. The van der Waals surface area contributed by atoms with Crippen molar-refractivity contribution in [3.8, 4) is 0 Å². The van der Waals surface area contributed by atoms with E-state index in [9.17, 15) is 0 Å². The van der Waals surface area contributed by atoms with Crippen molar-refractivity contribution in [2.24, 2.45) is 11.8 Å². The summed E-state index contributed by atoms with van der Waals surface area (Å²) >= 11 is 3.52. The molecule has 0 amide bonds. The number of ether oxygens (including phenoxy) is 1. The van der Waals surface area contributed by atoms with Crippen LogP contribution in [-0.2, 0) is 11.3 Å². The van der Waals surface area contributed by atoms with Gasteiger partial charge in [-0.05, 0) is 17.4 Å². The lowest BCUT2D eigenvalue weighted by molar-refractivity contribution is 0.0800. The fraction of sp³-hybridized carbons (Fsp3) is 0.600. The van der Waals surface area contributed by atoms with Gasteiger partial charge in [0.05, 0.1) is 13.2 Å². The maximum Gasteiger partial charge on any atom is 0.0717 e. The van der Waals surface area contributed by atoms with E-state index in [1.54, 1.807) is 0 Å². The molecule has 0 aromatic heterocycles. The predicted octanol–water partition coefficient (Wildman–Crippen LogP) is 4.90. The van der Waals surface area contributed by atoms with Crippen molar-refractivity contribution in [2.75, 3.05) is 11.9 Å². The van der Waals surface area contributed by atoms with E-state index in [1.807, 2.05) is 32.0 Å². The second kappa shape index (κ2) is 10.8. The summed E-state index contributed by atoms with van der Waals surface area (Å²) in [5.74, 6) is 1.27. The van der Waals surface area contributed by atoms with Gasteiger partial charge in [-0.1, -0.05) is 74.0 Å². The second-order valence-electron chi connectivity index (χ2n) is 4.16. The second-order valence-corrected chi connectivity index (χ2v) is 4.81. The molecule has 0 saturated heterocycles. The maximum atomic E-state index is 5.70. The largest absolute Gasteiger partial charge is 0.376 e. The van der Waals surface area contributed by atoms with E-state index in [1.165, 1.54) is 5.56 Å². The van der Waals surface area contributed by atoms with Crippen LogP contribution < -0.4 is 0 Å². The third-order valence-corrected chi connectivity index (χ3v) is 3.42. The molecular weight excluding hydrogens is 276 g/mol. The average molecular weight is 301 g/mol. The van der Waals surface area contributed by atoms with Crippen molar-refractivity contribution in [3.05, 3.63) is 35.9 Å². The van der Waals surface area contributed by atoms with E-state index in [0.29, 0.717) is 11.8 Å². The van der Waals surface area contributed by atoms with Crippen molar-refractivity contribution in [2.45, 2.75) is 34.3 Å². The molecule has 1 atom stereocenters. The lowest BCUT2D eigenvalue weighted by Gasteiger charge is -2.17. The zero-order chi connectivity index (χ0) is 13.1. The minimum Gasteiger partial charge on any atom is -0.376 e. The topological polar surface area (TPSA) is 9.23 Å². The Labute approximate surface area is 115 Å². The highest BCUT2D eigenvalue weighted by atomic mass is 79.9. The number of hydrogen-bond donors (Lipinski definition) is 0. The summed E-state index contributed by atoms with van der Waals surface area (Å²) in [6.45, 7) is 10.0. The Balaban J connectivity index is 0.00000121. The molecule has 0 bridgehead atoms. The Morgan fingerprint density at radius 2 is 1.71 bits per heavy atom. The molecule has 1 nitrogen and oxygen atoms in total. The highest BCUT2D eigenvalue weighted by Crippen LogP contribution is 2.14. The van der Waals surface area contributed by atoms with Crippen LogP contribution in [0, 0.1) is 11.8 Å². The Morgan fingerprint density at radius 1 is 1.12 bits per heavy atom. The summed E-state index contributed by atoms with van der Waals surface area (Å²) in [5.41, 5.74) is 1.24. The van der Waals surface area contributed by atoms with E-state index < -0.39 is 0 Å². The fourth-order valence-electron chi connectivity index (χ4n) is 1.32. The van der Waals surface area contributed by atoms with E-state index in [-0.39, 0.29) is 0 Å². The zero-order valence-corrected chi connectivity index (χ0v) is 13.0. The van der Waals surface area contributed by atoms with Gasteiger partial charge in [-0.15, -0.1) is 0 Å². The van der Waals surface area contributed by atoms with Gasteiger partial charge in [0.25, 0.3) is 0 Å². The van der Waals surface area contributed by atoms with Crippen molar-refractivity contribution in [1.82, 2.24) is 0 Å². The van der Waals surface area contributed by atoms with E-state index in [0.717, 1.165) is 18.5 Å². The molecule has 0 aliphatic rings. The van der Waals surface area contributed by atoms with Gasteiger partial charge in [-0.3, -0.25) is 0 Å². The third-order valence-electron chi connectivity index (χ3n) is 2.58. The molecule has 1 aromatic rings. The van der Waals surface area contributed by atoms with Crippen LogP contribution in [0.4, 0.5) is 0 Å². The first-order valence-electron chi connectivity index (χ1n) is 6.41. The molecule has 0 spiro atoms. The minimum atomic E-state index is 0.605. The molecular formula is C15H25BrO. The highest BCUT2D eigenvalue weighted by molar-refractivity contribution is 9.09. The molecule has 0 aliphatic heterocycles. The van der Waals surface area contributed by atoms with Crippen molar-refractivity contribution in [3.63, 3.8) is 0 Å². The van der Waals surface area contributed by atoms with Gasteiger partial charge < -0.3 is 4.74 Å². The molecule has 98 valence electrons. The fourth-order valence-corrected chi connectivity index (χ4v) is 2.25. The molecule has 0 saturated carbocycles. The summed E-state index contributed by atoms with van der Waals surface area (Å²) in [5, 5.41) is 1.01. The monoisotopic (exact) mass is 300 g/mol. The number of benzene rings is 1. The van der Waals surface area contributed by atoms with Crippen LogP contribution in [0.25, 0.3) is 0 Å². The lowest BCUT2D eigenvalue weighted by atomic mass is 9.99. The highest BCUT2D eigenvalue weighted by Gasteiger charge is 2.11. The molecule has 0 N–H and O–H groups in total. The van der Waals surface area contributed by atoms with E-state index in [2.05, 4.69) is 41.9 Å². The van der Waals surface area contributed by atoms with Gasteiger partial charge in [0.15, 0.2) is 0 Å². The van der Waals surface area contributed by atoms with Gasteiger partial charge in [0.2, 0.25) is 0 Å².